The Bertz CT molecular complexity index is 593. The van der Waals surface area contributed by atoms with Crippen LogP contribution in [-0.4, -0.2) is 37.5 Å². The van der Waals surface area contributed by atoms with E-state index >= 15 is 0 Å². The van der Waals surface area contributed by atoms with Crippen LogP contribution in [0.4, 0.5) is 0 Å². The minimum atomic E-state index is -0.479. The highest BCUT2D eigenvalue weighted by Crippen LogP contribution is 2.17. The molecule has 0 aliphatic carbocycles. The van der Waals surface area contributed by atoms with Crippen LogP contribution in [0.2, 0.25) is 0 Å². The lowest BCUT2D eigenvalue weighted by molar-refractivity contribution is -0.151. The van der Waals surface area contributed by atoms with Gasteiger partial charge in [0, 0.05) is 0 Å². The summed E-state index contributed by atoms with van der Waals surface area (Å²) in [6, 6.07) is 9.90. The second kappa shape index (κ2) is 6.71. The van der Waals surface area contributed by atoms with Gasteiger partial charge in [-0.25, -0.2) is 4.68 Å². The first-order valence-electron chi connectivity index (χ1n) is 6.59. The molecule has 0 atom stereocenters. The van der Waals surface area contributed by atoms with Gasteiger partial charge in [-0.1, -0.05) is 42.1 Å². The van der Waals surface area contributed by atoms with Gasteiger partial charge < -0.3 is 4.74 Å². The van der Waals surface area contributed by atoms with Gasteiger partial charge in [-0.15, -0.1) is 5.10 Å². The number of aromatic nitrogens is 4. The molecular formula is C14H18N4O2S. The molecule has 21 heavy (non-hydrogen) atoms. The highest BCUT2D eigenvalue weighted by atomic mass is 32.2. The average molecular weight is 306 g/mol. The number of carbonyl (C=O) groups is 1. The summed E-state index contributed by atoms with van der Waals surface area (Å²) in [5.74, 6) is -0.0892. The summed E-state index contributed by atoms with van der Waals surface area (Å²) in [4.78, 5) is 11.7. The van der Waals surface area contributed by atoms with Crippen molar-refractivity contribution < 1.29 is 9.53 Å². The number of rotatable bonds is 5. The molecule has 0 spiro atoms. The fraction of sp³-hybridized carbons (Fsp3) is 0.429. The molecule has 2 rings (SSSR count). The Morgan fingerprint density at radius 3 is 2.67 bits per heavy atom. The topological polar surface area (TPSA) is 69.9 Å². The van der Waals surface area contributed by atoms with E-state index < -0.39 is 5.60 Å². The molecular weight excluding hydrogens is 288 g/mol. The van der Waals surface area contributed by atoms with Gasteiger partial charge in [0.15, 0.2) is 0 Å². The molecule has 0 saturated carbocycles. The van der Waals surface area contributed by atoms with Gasteiger partial charge in [0.25, 0.3) is 0 Å². The first kappa shape index (κ1) is 15.5. The standard InChI is InChI=1S/C14H18N4O2S/c1-14(2,3)20-12(19)10-21-13-15-16-17-18(13)9-11-7-5-4-6-8-11/h4-8H,9-10H2,1-3H3. The van der Waals surface area contributed by atoms with Crippen LogP contribution < -0.4 is 0 Å². The molecule has 0 saturated heterocycles. The van der Waals surface area contributed by atoms with E-state index in [1.165, 1.54) is 11.8 Å². The zero-order valence-electron chi connectivity index (χ0n) is 12.3. The van der Waals surface area contributed by atoms with Crippen LogP contribution in [0.5, 0.6) is 0 Å². The monoisotopic (exact) mass is 306 g/mol. The predicted molar refractivity (Wildman–Crippen MR) is 79.9 cm³/mol. The molecule has 0 radical (unpaired) electrons. The highest BCUT2D eigenvalue weighted by molar-refractivity contribution is 7.99. The molecule has 0 amide bonds. The Labute approximate surface area is 127 Å². The van der Waals surface area contributed by atoms with Crippen molar-refractivity contribution in [3.63, 3.8) is 0 Å². The SMILES string of the molecule is CC(C)(C)OC(=O)CSc1nnnn1Cc1ccccc1. The first-order chi connectivity index (χ1) is 9.94. The largest absolute Gasteiger partial charge is 0.459 e. The maximum atomic E-state index is 11.7. The molecule has 7 heteroatoms. The summed E-state index contributed by atoms with van der Waals surface area (Å²) in [6.45, 7) is 6.10. The maximum absolute atomic E-state index is 11.7. The number of benzene rings is 1. The molecule has 2 aromatic rings. The number of esters is 1. The zero-order valence-corrected chi connectivity index (χ0v) is 13.1. The van der Waals surface area contributed by atoms with Gasteiger partial charge >= 0.3 is 5.97 Å². The Hall–Kier alpha value is -1.89. The van der Waals surface area contributed by atoms with Crippen molar-refractivity contribution in [1.29, 1.82) is 0 Å². The third-order valence-electron chi connectivity index (χ3n) is 2.41. The Kier molecular flexibility index (Phi) is 4.95. The number of ether oxygens (including phenoxy) is 1. The summed E-state index contributed by atoms with van der Waals surface area (Å²) in [7, 11) is 0. The lowest BCUT2D eigenvalue weighted by Gasteiger charge is -2.19. The van der Waals surface area contributed by atoms with Crippen molar-refractivity contribution in [2.24, 2.45) is 0 Å². The van der Waals surface area contributed by atoms with Gasteiger partial charge in [-0.2, -0.15) is 0 Å². The third kappa shape index (κ3) is 5.18. The molecule has 0 bridgehead atoms. The van der Waals surface area contributed by atoms with E-state index in [0.29, 0.717) is 11.7 Å². The quantitative estimate of drug-likeness (QED) is 0.623. The van der Waals surface area contributed by atoms with E-state index in [-0.39, 0.29) is 11.7 Å². The summed E-state index contributed by atoms with van der Waals surface area (Å²) >= 11 is 1.27. The molecule has 1 aromatic heterocycles. The van der Waals surface area contributed by atoms with E-state index in [1.54, 1.807) is 4.68 Å². The fourth-order valence-electron chi connectivity index (χ4n) is 1.65. The number of tetrazole rings is 1. The predicted octanol–water partition coefficient (Wildman–Crippen LogP) is 2.16. The highest BCUT2D eigenvalue weighted by Gasteiger charge is 2.17. The fourth-order valence-corrected chi connectivity index (χ4v) is 2.30. The Morgan fingerprint density at radius 1 is 1.29 bits per heavy atom. The van der Waals surface area contributed by atoms with Crippen LogP contribution in [0.15, 0.2) is 35.5 Å². The van der Waals surface area contributed by atoms with Gasteiger partial charge in [0.1, 0.15) is 5.60 Å². The lowest BCUT2D eigenvalue weighted by atomic mass is 10.2. The summed E-state index contributed by atoms with van der Waals surface area (Å²) < 4.78 is 6.93. The molecule has 0 N–H and O–H groups in total. The summed E-state index contributed by atoms with van der Waals surface area (Å²) in [5.41, 5.74) is 0.622. The van der Waals surface area contributed by atoms with Crippen molar-refractivity contribution in [3.05, 3.63) is 35.9 Å². The zero-order chi connectivity index (χ0) is 15.3. The second-order valence-corrected chi connectivity index (χ2v) is 6.42. The van der Waals surface area contributed by atoms with Crippen molar-refractivity contribution >= 4 is 17.7 Å². The van der Waals surface area contributed by atoms with Crippen LogP contribution in [0.3, 0.4) is 0 Å². The normalized spacial score (nSPS) is 11.4. The van der Waals surface area contributed by atoms with E-state index in [0.717, 1.165) is 5.56 Å². The number of hydrogen-bond donors (Lipinski definition) is 0. The molecule has 112 valence electrons. The van der Waals surface area contributed by atoms with Crippen molar-refractivity contribution in [2.45, 2.75) is 38.1 Å². The first-order valence-corrected chi connectivity index (χ1v) is 7.57. The third-order valence-corrected chi connectivity index (χ3v) is 3.34. The number of hydrogen-bond acceptors (Lipinski definition) is 6. The molecule has 1 aromatic carbocycles. The maximum Gasteiger partial charge on any atom is 0.316 e. The average Bonchev–Trinajstić information content (AvgIpc) is 2.83. The molecule has 0 unspecified atom stereocenters. The van der Waals surface area contributed by atoms with E-state index in [9.17, 15) is 4.79 Å². The summed E-state index contributed by atoms with van der Waals surface area (Å²) in [6.07, 6.45) is 0. The Morgan fingerprint density at radius 2 is 2.00 bits per heavy atom. The number of thioether (sulfide) groups is 1. The van der Waals surface area contributed by atoms with E-state index in [1.807, 2.05) is 51.1 Å². The van der Waals surface area contributed by atoms with Crippen LogP contribution in [0.25, 0.3) is 0 Å². The van der Waals surface area contributed by atoms with Gasteiger partial charge in [-0.05, 0) is 36.8 Å². The molecule has 6 nitrogen and oxygen atoms in total. The van der Waals surface area contributed by atoms with E-state index in [2.05, 4.69) is 15.5 Å². The van der Waals surface area contributed by atoms with Crippen LogP contribution in [0, 0.1) is 0 Å². The number of nitrogens with zero attached hydrogens (tertiary/aromatic N) is 4. The lowest BCUT2D eigenvalue weighted by Crippen LogP contribution is -2.25. The smallest absolute Gasteiger partial charge is 0.316 e. The second-order valence-electron chi connectivity index (χ2n) is 5.48. The molecule has 0 aliphatic rings. The van der Waals surface area contributed by atoms with Gasteiger partial charge in [-0.3, -0.25) is 4.79 Å². The van der Waals surface area contributed by atoms with Gasteiger partial charge in [0.05, 0.1) is 12.3 Å². The number of carbonyl (C=O) groups excluding carboxylic acids is 1. The van der Waals surface area contributed by atoms with Crippen molar-refractivity contribution in [2.75, 3.05) is 5.75 Å². The molecule has 1 heterocycles. The van der Waals surface area contributed by atoms with Crippen LogP contribution in [-0.2, 0) is 16.1 Å². The molecule has 0 fully saturated rings. The van der Waals surface area contributed by atoms with E-state index in [4.69, 9.17) is 4.74 Å². The minimum Gasteiger partial charge on any atom is -0.459 e. The summed E-state index contributed by atoms with van der Waals surface area (Å²) in [5, 5.41) is 12.1. The minimum absolute atomic E-state index is 0.187. The van der Waals surface area contributed by atoms with Crippen molar-refractivity contribution in [1.82, 2.24) is 20.2 Å². The van der Waals surface area contributed by atoms with Crippen molar-refractivity contribution in [3.8, 4) is 0 Å². The van der Waals surface area contributed by atoms with Gasteiger partial charge in [0.2, 0.25) is 5.16 Å². The molecule has 0 aliphatic heterocycles. The Balaban J connectivity index is 1.93. The van der Waals surface area contributed by atoms with Crippen LogP contribution >= 0.6 is 11.8 Å². The van der Waals surface area contributed by atoms with Crippen LogP contribution in [0.1, 0.15) is 26.3 Å².